The van der Waals surface area contributed by atoms with Crippen molar-refractivity contribution in [3.05, 3.63) is 70.8 Å². The van der Waals surface area contributed by atoms with Gasteiger partial charge in [-0.1, -0.05) is 36.4 Å². The number of rotatable bonds is 5. The molecule has 0 radical (unpaired) electrons. The van der Waals surface area contributed by atoms with Crippen molar-refractivity contribution in [1.29, 1.82) is 0 Å². The van der Waals surface area contributed by atoms with E-state index in [0.717, 1.165) is 43.1 Å². The Morgan fingerprint density at radius 2 is 2.03 bits per heavy atom. The number of ether oxygens (including phenoxy) is 1. The van der Waals surface area contributed by atoms with Crippen LogP contribution < -0.4 is 5.32 Å². The van der Waals surface area contributed by atoms with Crippen LogP contribution in [-0.4, -0.2) is 69.1 Å². The number of hydrogen-bond acceptors (Lipinski definition) is 3. The van der Waals surface area contributed by atoms with E-state index in [1.165, 1.54) is 11.1 Å². The third-order valence-corrected chi connectivity index (χ3v) is 5.39. The van der Waals surface area contributed by atoms with E-state index in [1.807, 2.05) is 25.2 Å². The van der Waals surface area contributed by atoms with Gasteiger partial charge in [-0.05, 0) is 42.2 Å². The highest BCUT2D eigenvalue weighted by Crippen LogP contribution is 2.24. The fourth-order valence-electron chi connectivity index (χ4n) is 3.75. The van der Waals surface area contributed by atoms with Gasteiger partial charge in [-0.3, -0.25) is 9.79 Å². The summed E-state index contributed by atoms with van der Waals surface area (Å²) < 4.78 is 6.04. The van der Waals surface area contributed by atoms with Gasteiger partial charge in [0, 0.05) is 39.8 Å². The van der Waals surface area contributed by atoms with Crippen molar-refractivity contribution in [3.63, 3.8) is 0 Å². The lowest BCUT2D eigenvalue weighted by Crippen LogP contribution is -2.48. The molecule has 160 valence electrons. The van der Waals surface area contributed by atoms with Crippen molar-refractivity contribution in [2.45, 2.75) is 19.4 Å². The minimum atomic E-state index is 0.0242. The highest BCUT2D eigenvalue weighted by Gasteiger charge is 2.25. The maximum atomic E-state index is 12.2. The van der Waals surface area contributed by atoms with Gasteiger partial charge < -0.3 is 19.9 Å². The highest BCUT2D eigenvalue weighted by atomic mass is 16.5. The van der Waals surface area contributed by atoms with Crippen molar-refractivity contribution >= 4 is 11.9 Å². The largest absolute Gasteiger partial charge is 0.370 e. The minimum absolute atomic E-state index is 0.0242. The normalized spacial score (nSPS) is 17.0. The van der Waals surface area contributed by atoms with Crippen LogP contribution in [0.5, 0.6) is 0 Å². The van der Waals surface area contributed by atoms with Crippen LogP contribution >= 0.6 is 0 Å². The standard InChI is InChI=1S/C24H32N4O2/c1-18-8-5-6-11-21(18)22-17-28(14-15-30-22)24(25-2)26-13-12-19-9-7-10-20(16-19)23(29)27(3)4/h5-11,16,22H,12-15,17H2,1-4H3,(H,25,26). The van der Waals surface area contributed by atoms with Gasteiger partial charge in [-0.15, -0.1) is 0 Å². The molecule has 1 fully saturated rings. The number of aryl methyl sites for hydroxylation is 1. The summed E-state index contributed by atoms with van der Waals surface area (Å²) in [5.41, 5.74) is 4.33. The molecule has 1 aliphatic rings. The number of nitrogens with zero attached hydrogens (tertiary/aromatic N) is 3. The van der Waals surface area contributed by atoms with Gasteiger partial charge in [-0.2, -0.15) is 0 Å². The molecule has 0 spiro atoms. The Hall–Kier alpha value is -2.86. The first kappa shape index (κ1) is 21.8. The molecule has 1 amide bonds. The summed E-state index contributed by atoms with van der Waals surface area (Å²) in [7, 11) is 5.36. The molecule has 1 aliphatic heterocycles. The van der Waals surface area contributed by atoms with E-state index in [2.05, 4.69) is 52.5 Å². The summed E-state index contributed by atoms with van der Waals surface area (Å²) in [5, 5.41) is 3.47. The summed E-state index contributed by atoms with van der Waals surface area (Å²) >= 11 is 0. The number of hydrogen-bond donors (Lipinski definition) is 1. The lowest BCUT2D eigenvalue weighted by molar-refractivity contribution is -0.00829. The molecule has 0 aromatic heterocycles. The molecule has 6 heteroatoms. The Kier molecular flexibility index (Phi) is 7.46. The SMILES string of the molecule is CN=C(NCCc1cccc(C(=O)N(C)C)c1)N1CCOC(c2ccccc2C)C1. The summed E-state index contributed by atoms with van der Waals surface area (Å²) in [4.78, 5) is 20.5. The first-order chi connectivity index (χ1) is 14.5. The number of guanidine groups is 1. The van der Waals surface area contributed by atoms with Crippen LogP contribution in [0.25, 0.3) is 0 Å². The third-order valence-electron chi connectivity index (χ3n) is 5.39. The minimum Gasteiger partial charge on any atom is -0.370 e. The van der Waals surface area contributed by atoms with Gasteiger partial charge in [0.15, 0.2) is 5.96 Å². The van der Waals surface area contributed by atoms with E-state index >= 15 is 0 Å². The molecule has 1 unspecified atom stereocenters. The number of benzene rings is 2. The number of carbonyl (C=O) groups excluding carboxylic acids is 1. The highest BCUT2D eigenvalue weighted by molar-refractivity contribution is 5.94. The molecule has 6 nitrogen and oxygen atoms in total. The van der Waals surface area contributed by atoms with Gasteiger partial charge in [0.25, 0.3) is 5.91 Å². The molecular formula is C24H32N4O2. The number of morpholine rings is 1. The average molecular weight is 409 g/mol. The average Bonchev–Trinajstić information content (AvgIpc) is 2.77. The van der Waals surface area contributed by atoms with Crippen molar-refractivity contribution in [2.24, 2.45) is 4.99 Å². The molecule has 2 aromatic carbocycles. The van der Waals surface area contributed by atoms with Gasteiger partial charge in [0.1, 0.15) is 6.10 Å². The fraction of sp³-hybridized carbons (Fsp3) is 0.417. The maximum Gasteiger partial charge on any atom is 0.253 e. The van der Waals surface area contributed by atoms with E-state index in [1.54, 1.807) is 19.0 Å². The van der Waals surface area contributed by atoms with Gasteiger partial charge in [-0.25, -0.2) is 0 Å². The summed E-state index contributed by atoms with van der Waals surface area (Å²) in [6, 6.07) is 16.2. The summed E-state index contributed by atoms with van der Waals surface area (Å²) in [5.74, 6) is 0.911. The van der Waals surface area contributed by atoms with E-state index in [4.69, 9.17) is 4.74 Å². The van der Waals surface area contributed by atoms with Crippen molar-refractivity contribution in [1.82, 2.24) is 15.1 Å². The molecule has 1 atom stereocenters. The predicted octanol–water partition coefficient (Wildman–Crippen LogP) is 2.89. The molecule has 0 saturated carbocycles. The van der Waals surface area contributed by atoms with Crippen molar-refractivity contribution < 1.29 is 9.53 Å². The van der Waals surface area contributed by atoms with Crippen LogP contribution in [0.3, 0.4) is 0 Å². The van der Waals surface area contributed by atoms with Gasteiger partial charge >= 0.3 is 0 Å². The van der Waals surface area contributed by atoms with Crippen LogP contribution in [0.1, 0.15) is 33.2 Å². The first-order valence-corrected chi connectivity index (χ1v) is 10.4. The Balaban J connectivity index is 1.58. The molecule has 1 saturated heterocycles. The van der Waals surface area contributed by atoms with E-state index in [0.29, 0.717) is 6.61 Å². The summed E-state index contributed by atoms with van der Waals surface area (Å²) in [6.45, 7) is 5.14. The Labute approximate surface area is 179 Å². The van der Waals surface area contributed by atoms with Crippen LogP contribution in [0, 0.1) is 6.92 Å². The van der Waals surface area contributed by atoms with Crippen molar-refractivity contribution in [2.75, 3.05) is 47.4 Å². The lowest BCUT2D eigenvalue weighted by Gasteiger charge is -2.35. The topological polar surface area (TPSA) is 57.2 Å². The molecule has 1 heterocycles. The second-order valence-electron chi connectivity index (χ2n) is 7.79. The predicted molar refractivity (Wildman–Crippen MR) is 121 cm³/mol. The number of aliphatic imine (C=N–C) groups is 1. The second kappa shape index (κ2) is 10.3. The molecule has 0 aliphatic carbocycles. The smallest absolute Gasteiger partial charge is 0.253 e. The van der Waals surface area contributed by atoms with Gasteiger partial charge in [0.2, 0.25) is 0 Å². The Morgan fingerprint density at radius 1 is 1.23 bits per heavy atom. The van der Waals surface area contributed by atoms with E-state index < -0.39 is 0 Å². The molecule has 0 bridgehead atoms. The molecule has 1 N–H and O–H groups in total. The molecular weight excluding hydrogens is 376 g/mol. The number of nitrogens with one attached hydrogen (secondary N) is 1. The van der Waals surface area contributed by atoms with Crippen LogP contribution in [0.15, 0.2) is 53.5 Å². The molecule has 2 aromatic rings. The van der Waals surface area contributed by atoms with Crippen LogP contribution in [0.2, 0.25) is 0 Å². The zero-order valence-electron chi connectivity index (χ0n) is 18.4. The molecule has 30 heavy (non-hydrogen) atoms. The van der Waals surface area contributed by atoms with Crippen LogP contribution in [0.4, 0.5) is 0 Å². The lowest BCUT2D eigenvalue weighted by atomic mass is 10.0. The molecule has 3 rings (SSSR count). The summed E-state index contributed by atoms with van der Waals surface area (Å²) in [6.07, 6.45) is 0.867. The van der Waals surface area contributed by atoms with Crippen LogP contribution in [-0.2, 0) is 11.2 Å². The van der Waals surface area contributed by atoms with Gasteiger partial charge in [0.05, 0.1) is 13.2 Å². The number of amides is 1. The first-order valence-electron chi connectivity index (χ1n) is 10.4. The zero-order valence-corrected chi connectivity index (χ0v) is 18.4. The number of carbonyl (C=O) groups is 1. The third kappa shape index (κ3) is 5.39. The Morgan fingerprint density at radius 3 is 2.77 bits per heavy atom. The van der Waals surface area contributed by atoms with Crippen molar-refractivity contribution in [3.8, 4) is 0 Å². The Bertz CT molecular complexity index is 894. The van der Waals surface area contributed by atoms with E-state index in [-0.39, 0.29) is 12.0 Å². The van der Waals surface area contributed by atoms with E-state index in [9.17, 15) is 4.79 Å². The maximum absolute atomic E-state index is 12.2. The zero-order chi connectivity index (χ0) is 21.5. The quantitative estimate of drug-likeness (QED) is 0.611. The fourth-order valence-corrected chi connectivity index (χ4v) is 3.75. The monoisotopic (exact) mass is 408 g/mol. The second-order valence-corrected chi connectivity index (χ2v) is 7.79.